The van der Waals surface area contributed by atoms with Gasteiger partial charge in [-0.1, -0.05) is 41.9 Å². The van der Waals surface area contributed by atoms with E-state index in [4.69, 9.17) is 4.52 Å². The lowest BCUT2D eigenvalue weighted by Gasteiger charge is -2.32. The predicted molar refractivity (Wildman–Crippen MR) is 73.9 cm³/mol. The van der Waals surface area contributed by atoms with Gasteiger partial charge in [-0.15, -0.1) is 0 Å². The highest BCUT2D eigenvalue weighted by molar-refractivity contribution is 5.53. The minimum Gasteiger partial charge on any atom is -0.337 e. The van der Waals surface area contributed by atoms with Gasteiger partial charge in [-0.25, -0.2) is 8.78 Å². The summed E-state index contributed by atoms with van der Waals surface area (Å²) in [5.41, 5.74) is 0.865. The molecule has 112 valence electrons. The third-order valence-corrected chi connectivity index (χ3v) is 3.74. The van der Waals surface area contributed by atoms with Gasteiger partial charge in [0.2, 0.25) is 11.7 Å². The zero-order valence-electron chi connectivity index (χ0n) is 11.6. The van der Waals surface area contributed by atoms with Gasteiger partial charge in [0, 0.05) is 5.56 Å². The molecule has 0 amide bonds. The van der Waals surface area contributed by atoms with Gasteiger partial charge in [0.05, 0.1) is 12.6 Å². The average Bonchev–Trinajstić information content (AvgIpc) is 2.98. The van der Waals surface area contributed by atoms with Crippen LogP contribution >= 0.6 is 0 Å². The fraction of sp³-hybridized carbons (Fsp3) is 0.467. The summed E-state index contributed by atoms with van der Waals surface area (Å²) in [4.78, 5) is 6.14. The van der Waals surface area contributed by atoms with E-state index in [9.17, 15) is 8.78 Å². The SMILES string of the molecule is FC(F)CN1CCCCC1c1nc(-c2ccccc2)no1. The van der Waals surface area contributed by atoms with Gasteiger partial charge in [0.15, 0.2) is 0 Å². The summed E-state index contributed by atoms with van der Waals surface area (Å²) >= 11 is 0. The molecule has 2 aromatic rings. The van der Waals surface area contributed by atoms with Crippen molar-refractivity contribution < 1.29 is 13.3 Å². The fourth-order valence-corrected chi connectivity index (χ4v) is 2.74. The van der Waals surface area contributed by atoms with Gasteiger partial charge < -0.3 is 4.52 Å². The van der Waals surface area contributed by atoms with E-state index in [1.54, 1.807) is 4.90 Å². The minimum atomic E-state index is -2.35. The maximum absolute atomic E-state index is 12.7. The smallest absolute Gasteiger partial charge is 0.251 e. The van der Waals surface area contributed by atoms with E-state index in [-0.39, 0.29) is 12.6 Å². The molecule has 1 unspecified atom stereocenters. The number of likely N-dealkylation sites (tertiary alicyclic amines) is 1. The lowest BCUT2D eigenvalue weighted by Crippen LogP contribution is -2.37. The Balaban J connectivity index is 1.80. The molecular formula is C15H17F2N3O. The number of rotatable bonds is 4. The first-order valence-electron chi connectivity index (χ1n) is 7.15. The van der Waals surface area contributed by atoms with Crippen molar-refractivity contribution in [3.05, 3.63) is 36.2 Å². The molecule has 1 aromatic carbocycles. The van der Waals surface area contributed by atoms with E-state index in [0.717, 1.165) is 24.8 Å². The summed E-state index contributed by atoms with van der Waals surface area (Å²) < 4.78 is 30.7. The number of aromatic nitrogens is 2. The average molecular weight is 293 g/mol. The number of halogens is 2. The Morgan fingerprint density at radius 3 is 2.81 bits per heavy atom. The molecule has 0 aliphatic carbocycles. The van der Waals surface area contributed by atoms with Crippen molar-refractivity contribution in [1.82, 2.24) is 15.0 Å². The molecule has 1 aliphatic rings. The van der Waals surface area contributed by atoms with Gasteiger partial charge >= 0.3 is 0 Å². The van der Waals surface area contributed by atoms with Crippen LogP contribution in [0.1, 0.15) is 31.2 Å². The summed E-state index contributed by atoms with van der Waals surface area (Å²) in [6, 6.07) is 9.30. The summed E-state index contributed by atoms with van der Waals surface area (Å²) in [5.74, 6) is 0.947. The van der Waals surface area contributed by atoms with E-state index in [1.165, 1.54) is 0 Å². The van der Waals surface area contributed by atoms with Crippen molar-refractivity contribution in [2.45, 2.75) is 31.7 Å². The molecule has 0 N–H and O–H groups in total. The molecule has 21 heavy (non-hydrogen) atoms. The molecule has 4 nitrogen and oxygen atoms in total. The van der Waals surface area contributed by atoms with Crippen LogP contribution in [0.2, 0.25) is 0 Å². The molecule has 3 rings (SSSR count). The molecule has 1 aromatic heterocycles. The molecule has 6 heteroatoms. The largest absolute Gasteiger partial charge is 0.337 e. The number of piperidine rings is 1. The Morgan fingerprint density at radius 2 is 2.05 bits per heavy atom. The zero-order valence-corrected chi connectivity index (χ0v) is 11.6. The summed E-state index contributed by atoms with van der Waals surface area (Å²) in [6.07, 6.45) is 0.363. The maximum atomic E-state index is 12.7. The molecule has 0 spiro atoms. The van der Waals surface area contributed by atoms with Gasteiger partial charge in [0.25, 0.3) is 6.43 Å². The summed E-state index contributed by atoms with van der Waals surface area (Å²) in [6.45, 7) is 0.409. The van der Waals surface area contributed by atoms with Crippen LogP contribution in [0, 0.1) is 0 Å². The molecule has 1 aliphatic heterocycles. The number of hydrogen-bond donors (Lipinski definition) is 0. The normalized spacial score (nSPS) is 20.0. The molecule has 0 radical (unpaired) electrons. The van der Waals surface area contributed by atoms with E-state index in [2.05, 4.69) is 10.1 Å². The van der Waals surface area contributed by atoms with Gasteiger partial charge in [-0.05, 0) is 19.4 Å². The van der Waals surface area contributed by atoms with Gasteiger partial charge in [-0.3, -0.25) is 4.90 Å². The summed E-state index contributed by atoms with van der Waals surface area (Å²) in [5, 5.41) is 3.97. The first-order chi connectivity index (χ1) is 10.2. The highest BCUT2D eigenvalue weighted by Crippen LogP contribution is 2.31. The van der Waals surface area contributed by atoms with Gasteiger partial charge in [-0.2, -0.15) is 4.98 Å². The number of benzene rings is 1. The molecule has 0 bridgehead atoms. The molecular weight excluding hydrogens is 276 g/mol. The maximum Gasteiger partial charge on any atom is 0.251 e. The Morgan fingerprint density at radius 1 is 1.24 bits per heavy atom. The van der Waals surface area contributed by atoms with Crippen LogP contribution in [0.15, 0.2) is 34.9 Å². The first kappa shape index (κ1) is 14.1. The van der Waals surface area contributed by atoms with Crippen LogP contribution in [-0.4, -0.2) is 34.6 Å². The van der Waals surface area contributed by atoms with Crippen molar-refractivity contribution in [1.29, 1.82) is 0 Å². The van der Waals surface area contributed by atoms with Crippen molar-refractivity contribution in [2.24, 2.45) is 0 Å². The second-order valence-corrected chi connectivity index (χ2v) is 5.22. The molecule has 1 fully saturated rings. The fourth-order valence-electron chi connectivity index (χ4n) is 2.74. The number of nitrogens with zero attached hydrogens (tertiary/aromatic N) is 3. The Hall–Kier alpha value is -1.82. The van der Waals surface area contributed by atoms with Crippen LogP contribution < -0.4 is 0 Å². The topological polar surface area (TPSA) is 42.2 Å². The lowest BCUT2D eigenvalue weighted by atomic mass is 10.0. The van der Waals surface area contributed by atoms with Crippen LogP contribution in [0.5, 0.6) is 0 Å². The highest BCUT2D eigenvalue weighted by Gasteiger charge is 2.30. The number of hydrogen-bond acceptors (Lipinski definition) is 4. The van der Waals surface area contributed by atoms with E-state index in [0.29, 0.717) is 18.3 Å². The standard InChI is InChI=1S/C15H17F2N3O/c16-13(17)10-20-9-5-4-8-12(20)15-18-14(19-21-15)11-6-2-1-3-7-11/h1-3,6-7,12-13H,4-5,8-10H2. The van der Waals surface area contributed by atoms with E-state index in [1.807, 2.05) is 30.3 Å². The molecule has 1 saturated heterocycles. The van der Waals surface area contributed by atoms with Crippen molar-refractivity contribution in [2.75, 3.05) is 13.1 Å². The first-order valence-corrected chi connectivity index (χ1v) is 7.15. The quantitative estimate of drug-likeness (QED) is 0.865. The van der Waals surface area contributed by atoms with E-state index >= 15 is 0 Å². The van der Waals surface area contributed by atoms with Crippen molar-refractivity contribution in [3.63, 3.8) is 0 Å². The predicted octanol–water partition coefficient (Wildman–Crippen LogP) is 3.53. The Kier molecular flexibility index (Phi) is 4.24. The van der Waals surface area contributed by atoms with Crippen LogP contribution in [0.25, 0.3) is 11.4 Å². The molecule has 2 heterocycles. The Labute approximate surface area is 121 Å². The van der Waals surface area contributed by atoms with Crippen LogP contribution in [-0.2, 0) is 0 Å². The third-order valence-electron chi connectivity index (χ3n) is 3.74. The van der Waals surface area contributed by atoms with Gasteiger partial charge in [0.1, 0.15) is 0 Å². The second kappa shape index (κ2) is 6.30. The van der Waals surface area contributed by atoms with E-state index < -0.39 is 6.43 Å². The third kappa shape index (κ3) is 3.26. The number of alkyl halides is 2. The second-order valence-electron chi connectivity index (χ2n) is 5.22. The highest BCUT2D eigenvalue weighted by atomic mass is 19.3. The zero-order chi connectivity index (χ0) is 14.7. The summed E-state index contributed by atoms with van der Waals surface area (Å²) in [7, 11) is 0. The molecule has 1 atom stereocenters. The van der Waals surface area contributed by atoms with Crippen LogP contribution in [0.4, 0.5) is 8.78 Å². The van der Waals surface area contributed by atoms with Crippen molar-refractivity contribution in [3.8, 4) is 11.4 Å². The van der Waals surface area contributed by atoms with Crippen LogP contribution in [0.3, 0.4) is 0 Å². The Bertz CT molecular complexity index is 573. The van der Waals surface area contributed by atoms with Crippen molar-refractivity contribution >= 4 is 0 Å². The minimum absolute atomic E-state index is 0.197. The molecule has 0 saturated carbocycles. The lowest BCUT2D eigenvalue weighted by molar-refractivity contribution is 0.0384. The monoisotopic (exact) mass is 293 g/mol.